The van der Waals surface area contributed by atoms with Gasteiger partial charge in [-0.15, -0.1) is 0 Å². The van der Waals surface area contributed by atoms with Crippen molar-refractivity contribution in [3.63, 3.8) is 0 Å². The van der Waals surface area contributed by atoms with E-state index >= 15 is 0 Å². The Hall–Kier alpha value is -4.58. The molecule has 1 N–H and O–H groups in total. The van der Waals surface area contributed by atoms with Gasteiger partial charge in [-0.3, -0.25) is 14.9 Å². The summed E-state index contributed by atoms with van der Waals surface area (Å²) < 4.78 is 1.63. The van der Waals surface area contributed by atoms with Crippen molar-refractivity contribution in [3.8, 4) is 17.1 Å². The molecule has 0 saturated heterocycles. The van der Waals surface area contributed by atoms with Crippen molar-refractivity contribution < 1.29 is 9.72 Å². The molecule has 11 nitrogen and oxygen atoms in total. The maximum absolute atomic E-state index is 12.8. The minimum Gasteiger partial charge on any atom is -0.305 e. The first-order valence-corrected chi connectivity index (χ1v) is 10.0. The van der Waals surface area contributed by atoms with Gasteiger partial charge in [0, 0.05) is 18.5 Å². The lowest BCUT2D eigenvalue weighted by molar-refractivity contribution is -0.380. The Balaban J connectivity index is 1.63. The lowest BCUT2D eigenvalue weighted by Crippen LogP contribution is -2.12. The van der Waals surface area contributed by atoms with Gasteiger partial charge in [0.1, 0.15) is 12.1 Å². The number of nitro groups is 1. The summed E-state index contributed by atoms with van der Waals surface area (Å²) in [7, 11) is 0. The number of hydrogen-bond acceptors (Lipinski definition) is 9. The zero-order valence-electron chi connectivity index (χ0n) is 16.1. The number of carbonyl (C=O) groups is 1. The van der Waals surface area contributed by atoms with Crippen LogP contribution in [0, 0.1) is 10.1 Å². The quantitative estimate of drug-likeness (QED) is 0.321. The number of hydrogen-bond donors (Lipinski definition) is 1. The summed E-state index contributed by atoms with van der Waals surface area (Å²) in [6.07, 6.45) is 6.07. The number of thiophene rings is 1. The highest BCUT2D eigenvalue weighted by atomic mass is 32.1. The first-order valence-electron chi connectivity index (χ1n) is 9.22. The molecule has 0 saturated carbocycles. The van der Waals surface area contributed by atoms with Crippen LogP contribution in [0.1, 0.15) is 9.67 Å². The van der Waals surface area contributed by atoms with E-state index in [1.807, 2.05) is 30.3 Å². The fourth-order valence-corrected chi connectivity index (χ4v) is 3.74. The minimum atomic E-state index is -0.540. The normalized spacial score (nSPS) is 10.9. The van der Waals surface area contributed by atoms with E-state index in [2.05, 4.69) is 30.4 Å². The van der Waals surface area contributed by atoms with Gasteiger partial charge in [0.05, 0.1) is 32.6 Å². The monoisotopic (exact) mass is 444 g/mol. The second-order valence-electron chi connectivity index (χ2n) is 6.50. The van der Waals surface area contributed by atoms with Crippen LogP contribution in [0.25, 0.3) is 28.1 Å². The number of para-hydroxylation sites is 1. The number of carbonyl (C=O) groups excluding carboxylic acids is 1. The molecule has 0 aliphatic heterocycles. The summed E-state index contributed by atoms with van der Waals surface area (Å²) in [4.78, 5) is 40.5. The molecule has 0 fully saturated rings. The fourth-order valence-electron chi connectivity index (χ4n) is 3.02. The summed E-state index contributed by atoms with van der Waals surface area (Å²) in [5.41, 5.74) is 1.80. The molecule has 0 radical (unpaired) electrons. The number of rotatable bonds is 5. The molecule has 0 spiro atoms. The van der Waals surface area contributed by atoms with E-state index < -0.39 is 10.8 Å². The minimum absolute atomic E-state index is 0.123. The molecular formula is C20H12N8O3S. The maximum atomic E-state index is 12.8. The van der Waals surface area contributed by atoms with Gasteiger partial charge in [-0.1, -0.05) is 29.5 Å². The molecule has 0 unspecified atom stereocenters. The van der Waals surface area contributed by atoms with Crippen LogP contribution in [-0.2, 0) is 0 Å². The number of nitrogens with zero attached hydrogens (tertiary/aromatic N) is 7. The molecule has 4 aromatic heterocycles. The Morgan fingerprint density at radius 1 is 1.03 bits per heavy atom. The van der Waals surface area contributed by atoms with Crippen LogP contribution in [0.15, 0.2) is 67.4 Å². The Morgan fingerprint density at radius 2 is 1.81 bits per heavy atom. The molecule has 0 bridgehead atoms. The van der Waals surface area contributed by atoms with E-state index in [9.17, 15) is 14.9 Å². The molecule has 5 rings (SSSR count). The summed E-state index contributed by atoms with van der Waals surface area (Å²) in [6.45, 7) is 0. The standard InChI is InChI=1S/C20H12N8O3S/c29-20(15-6-7-16(32-15)28(30)31)26-18-14-10-23-27(13-4-2-1-3-5-13)19(14)25-17(24-18)12-8-21-11-22-9-12/h1-11H,(H,24,25,26,29). The van der Waals surface area contributed by atoms with Crippen LogP contribution >= 0.6 is 11.3 Å². The summed E-state index contributed by atoms with van der Waals surface area (Å²) >= 11 is 0.781. The number of anilines is 1. The summed E-state index contributed by atoms with van der Waals surface area (Å²) in [5.74, 6) is -0.00819. The van der Waals surface area contributed by atoms with E-state index in [4.69, 9.17) is 0 Å². The lowest BCUT2D eigenvalue weighted by atomic mass is 10.3. The highest BCUT2D eigenvalue weighted by molar-refractivity contribution is 7.17. The van der Waals surface area contributed by atoms with E-state index in [1.165, 1.54) is 18.5 Å². The van der Waals surface area contributed by atoms with Crippen molar-refractivity contribution in [2.45, 2.75) is 0 Å². The van der Waals surface area contributed by atoms with E-state index in [-0.39, 0.29) is 15.7 Å². The van der Waals surface area contributed by atoms with Crippen molar-refractivity contribution in [1.29, 1.82) is 0 Å². The number of fused-ring (bicyclic) bond motifs is 1. The van der Waals surface area contributed by atoms with Crippen molar-refractivity contribution in [2.24, 2.45) is 0 Å². The third-order valence-corrected chi connectivity index (χ3v) is 5.51. The van der Waals surface area contributed by atoms with Crippen LogP contribution in [0.4, 0.5) is 10.8 Å². The number of aromatic nitrogens is 6. The molecular weight excluding hydrogens is 432 g/mol. The van der Waals surface area contributed by atoms with Crippen molar-refractivity contribution in [3.05, 3.63) is 82.4 Å². The van der Waals surface area contributed by atoms with Gasteiger partial charge >= 0.3 is 5.00 Å². The lowest BCUT2D eigenvalue weighted by Gasteiger charge is -2.08. The van der Waals surface area contributed by atoms with E-state index in [1.54, 1.807) is 23.3 Å². The molecule has 0 atom stereocenters. The molecule has 0 aliphatic carbocycles. The van der Waals surface area contributed by atoms with Gasteiger partial charge in [0.2, 0.25) is 0 Å². The third kappa shape index (κ3) is 3.54. The average molecular weight is 444 g/mol. The van der Waals surface area contributed by atoms with Gasteiger partial charge < -0.3 is 5.32 Å². The smallest absolute Gasteiger partial charge is 0.305 e. The fraction of sp³-hybridized carbons (Fsp3) is 0. The maximum Gasteiger partial charge on any atom is 0.324 e. The Morgan fingerprint density at radius 3 is 2.53 bits per heavy atom. The van der Waals surface area contributed by atoms with Gasteiger partial charge in [0.25, 0.3) is 5.91 Å². The molecule has 1 amide bonds. The SMILES string of the molecule is O=C(Nc1nc(-c2cncnc2)nc2c1cnn2-c1ccccc1)c1ccc([N+](=O)[O-])s1. The van der Waals surface area contributed by atoms with Crippen LogP contribution in [-0.4, -0.2) is 40.5 Å². The molecule has 156 valence electrons. The molecule has 5 aromatic rings. The zero-order chi connectivity index (χ0) is 22.1. The molecule has 4 heterocycles. The topological polar surface area (TPSA) is 142 Å². The first-order chi connectivity index (χ1) is 15.6. The average Bonchev–Trinajstić information content (AvgIpc) is 3.48. The summed E-state index contributed by atoms with van der Waals surface area (Å²) in [6, 6.07) is 12.1. The number of nitrogens with one attached hydrogen (secondary N) is 1. The van der Waals surface area contributed by atoms with E-state index in [0.29, 0.717) is 22.4 Å². The predicted octanol–water partition coefficient (Wildman–Crippen LogP) is 3.49. The van der Waals surface area contributed by atoms with Crippen LogP contribution < -0.4 is 5.32 Å². The van der Waals surface area contributed by atoms with Crippen LogP contribution in [0.5, 0.6) is 0 Å². The second-order valence-corrected chi connectivity index (χ2v) is 7.56. The Labute approximate surface area is 183 Å². The van der Waals surface area contributed by atoms with E-state index in [0.717, 1.165) is 17.0 Å². The third-order valence-electron chi connectivity index (χ3n) is 4.48. The highest BCUT2D eigenvalue weighted by Crippen LogP contribution is 2.28. The largest absolute Gasteiger partial charge is 0.324 e. The zero-order valence-corrected chi connectivity index (χ0v) is 16.9. The molecule has 0 aliphatic rings. The van der Waals surface area contributed by atoms with Crippen LogP contribution in [0.2, 0.25) is 0 Å². The Bertz CT molecular complexity index is 1450. The Kier molecular flexibility index (Phi) is 4.80. The molecule has 1 aromatic carbocycles. The van der Waals surface area contributed by atoms with Crippen molar-refractivity contribution in [2.75, 3.05) is 5.32 Å². The molecule has 12 heteroatoms. The van der Waals surface area contributed by atoms with Gasteiger partial charge in [0.15, 0.2) is 11.5 Å². The predicted molar refractivity (Wildman–Crippen MR) is 117 cm³/mol. The van der Waals surface area contributed by atoms with Gasteiger partial charge in [-0.25, -0.2) is 24.6 Å². The second kappa shape index (κ2) is 7.92. The molecule has 32 heavy (non-hydrogen) atoms. The first kappa shape index (κ1) is 19.4. The van der Waals surface area contributed by atoms with Crippen molar-refractivity contribution >= 4 is 39.1 Å². The van der Waals surface area contributed by atoms with Crippen LogP contribution in [0.3, 0.4) is 0 Å². The highest BCUT2D eigenvalue weighted by Gasteiger charge is 2.20. The number of amides is 1. The van der Waals surface area contributed by atoms with Gasteiger partial charge in [-0.05, 0) is 18.2 Å². The summed E-state index contributed by atoms with van der Waals surface area (Å²) in [5, 5.41) is 18.5. The van der Waals surface area contributed by atoms with Gasteiger partial charge in [-0.2, -0.15) is 5.10 Å². The number of benzene rings is 1. The van der Waals surface area contributed by atoms with Crippen molar-refractivity contribution in [1.82, 2.24) is 29.7 Å².